The molecule has 2 rings (SSSR count). The van der Waals surface area contributed by atoms with Crippen molar-refractivity contribution in [3.63, 3.8) is 0 Å². The maximum atomic E-state index is 12.3. The number of nitrogens with zero attached hydrogens (tertiary/aromatic N) is 2. The fourth-order valence-electron chi connectivity index (χ4n) is 1.80. The third-order valence-corrected chi connectivity index (χ3v) is 2.82. The number of amides is 1. The molecule has 24 heavy (non-hydrogen) atoms. The molecule has 0 atom stereocenters. The van der Waals surface area contributed by atoms with Gasteiger partial charge in [-0.25, -0.2) is 9.97 Å². The van der Waals surface area contributed by atoms with E-state index < -0.39 is 6.61 Å². The van der Waals surface area contributed by atoms with Crippen LogP contribution in [0.4, 0.5) is 14.7 Å². The predicted octanol–water partition coefficient (Wildman–Crippen LogP) is 2.32. The molecule has 0 saturated carbocycles. The molecule has 1 heterocycles. The largest absolute Gasteiger partial charge is 0.434 e. The molecule has 2 aromatic rings. The summed E-state index contributed by atoms with van der Waals surface area (Å²) < 4.78 is 29.0. The summed E-state index contributed by atoms with van der Waals surface area (Å²) in [5.41, 5.74) is 0.392. The molecule has 8 heteroatoms. The fraction of sp³-hybridized carbons (Fsp3) is 0.188. The second-order valence-electron chi connectivity index (χ2n) is 4.54. The van der Waals surface area contributed by atoms with Gasteiger partial charge in [0.05, 0.1) is 0 Å². The molecule has 1 aromatic carbocycles. The number of aromatic nitrogens is 2. The van der Waals surface area contributed by atoms with Crippen molar-refractivity contribution in [2.24, 2.45) is 0 Å². The van der Waals surface area contributed by atoms with E-state index in [4.69, 9.17) is 0 Å². The molecule has 0 bridgehead atoms. The molecule has 0 saturated heterocycles. The van der Waals surface area contributed by atoms with Crippen molar-refractivity contribution < 1.29 is 18.3 Å². The minimum absolute atomic E-state index is 0.0134. The molecule has 6 nitrogen and oxygen atoms in total. The molecular weight excluding hydrogens is 318 g/mol. The number of hydrogen-bond acceptors (Lipinski definition) is 5. The van der Waals surface area contributed by atoms with E-state index in [0.717, 1.165) is 0 Å². The van der Waals surface area contributed by atoms with Gasteiger partial charge in [0.15, 0.2) is 0 Å². The summed E-state index contributed by atoms with van der Waals surface area (Å²) >= 11 is 0. The standard InChI is InChI=1S/C16H16F2N4O2/c17-15(18)24-13-5-2-1-4-12(13)6-7-14(23)19-10-11-22-16-20-8-3-9-21-16/h1-9,15H,10-11H2,(H,19,23)(H,20,21,22). The summed E-state index contributed by atoms with van der Waals surface area (Å²) in [6, 6.07) is 7.93. The highest BCUT2D eigenvalue weighted by atomic mass is 19.3. The summed E-state index contributed by atoms with van der Waals surface area (Å²) in [6.07, 6.45) is 5.89. The van der Waals surface area contributed by atoms with Crippen molar-refractivity contribution in [2.75, 3.05) is 18.4 Å². The minimum Gasteiger partial charge on any atom is -0.434 e. The third kappa shape index (κ3) is 5.99. The predicted molar refractivity (Wildman–Crippen MR) is 85.6 cm³/mol. The van der Waals surface area contributed by atoms with Crippen LogP contribution < -0.4 is 15.4 Å². The lowest BCUT2D eigenvalue weighted by molar-refractivity contribution is -0.116. The summed E-state index contributed by atoms with van der Waals surface area (Å²) in [6.45, 7) is -2.11. The number of nitrogens with one attached hydrogen (secondary N) is 2. The third-order valence-electron chi connectivity index (χ3n) is 2.82. The molecule has 0 radical (unpaired) electrons. The van der Waals surface area contributed by atoms with Crippen molar-refractivity contribution in [1.29, 1.82) is 0 Å². The van der Waals surface area contributed by atoms with Gasteiger partial charge in [-0.3, -0.25) is 4.79 Å². The van der Waals surface area contributed by atoms with Gasteiger partial charge >= 0.3 is 6.61 Å². The van der Waals surface area contributed by atoms with Crippen LogP contribution in [-0.4, -0.2) is 35.6 Å². The lowest BCUT2D eigenvalue weighted by Crippen LogP contribution is -2.27. The van der Waals surface area contributed by atoms with E-state index in [9.17, 15) is 13.6 Å². The van der Waals surface area contributed by atoms with Crippen LogP contribution in [0.15, 0.2) is 48.8 Å². The maximum absolute atomic E-state index is 12.3. The Morgan fingerprint density at radius 2 is 1.92 bits per heavy atom. The number of halogens is 2. The molecule has 0 unspecified atom stereocenters. The number of anilines is 1. The minimum atomic E-state index is -2.92. The average molecular weight is 334 g/mol. The average Bonchev–Trinajstić information content (AvgIpc) is 2.58. The van der Waals surface area contributed by atoms with Gasteiger partial charge in [-0.05, 0) is 18.2 Å². The van der Waals surface area contributed by atoms with Gasteiger partial charge in [-0.2, -0.15) is 8.78 Å². The van der Waals surface area contributed by atoms with Crippen LogP contribution in [0.2, 0.25) is 0 Å². The Bertz CT molecular complexity index is 681. The van der Waals surface area contributed by atoms with Crippen LogP contribution in [0.25, 0.3) is 6.08 Å². The van der Waals surface area contributed by atoms with Crippen LogP contribution in [0.1, 0.15) is 5.56 Å². The van der Waals surface area contributed by atoms with E-state index in [1.54, 1.807) is 36.7 Å². The molecule has 126 valence electrons. The van der Waals surface area contributed by atoms with E-state index in [0.29, 0.717) is 24.6 Å². The molecule has 2 N–H and O–H groups in total. The first-order valence-corrected chi connectivity index (χ1v) is 7.16. The van der Waals surface area contributed by atoms with Gasteiger partial charge in [0.25, 0.3) is 0 Å². The Kier molecular flexibility index (Phi) is 6.63. The number of para-hydroxylation sites is 1. The Morgan fingerprint density at radius 3 is 2.67 bits per heavy atom. The van der Waals surface area contributed by atoms with Crippen LogP contribution >= 0.6 is 0 Å². The van der Waals surface area contributed by atoms with Crippen molar-refractivity contribution >= 4 is 17.9 Å². The smallest absolute Gasteiger partial charge is 0.387 e. The molecule has 1 aromatic heterocycles. The molecule has 0 spiro atoms. The Labute approximate surface area is 137 Å². The van der Waals surface area contributed by atoms with E-state index in [1.807, 2.05) is 0 Å². The molecule has 1 amide bonds. The van der Waals surface area contributed by atoms with Gasteiger partial charge in [-0.15, -0.1) is 0 Å². The van der Waals surface area contributed by atoms with Crippen LogP contribution in [-0.2, 0) is 4.79 Å². The molecule has 0 aliphatic carbocycles. The Balaban J connectivity index is 1.79. The van der Waals surface area contributed by atoms with Gasteiger partial charge in [-0.1, -0.05) is 18.2 Å². The lowest BCUT2D eigenvalue weighted by Gasteiger charge is -2.07. The topological polar surface area (TPSA) is 76.1 Å². The second-order valence-corrected chi connectivity index (χ2v) is 4.54. The summed E-state index contributed by atoms with van der Waals surface area (Å²) in [5.74, 6) is 0.137. The number of ether oxygens (including phenoxy) is 1. The number of benzene rings is 1. The Morgan fingerprint density at radius 1 is 1.17 bits per heavy atom. The molecule has 0 fully saturated rings. The van der Waals surface area contributed by atoms with Crippen LogP contribution in [0.3, 0.4) is 0 Å². The summed E-state index contributed by atoms with van der Waals surface area (Å²) in [5, 5.41) is 5.59. The van der Waals surface area contributed by atoms with Crippen molar-refractivity contribution in [3.8, 4) is 5.75 Å². The number of carbonyl (C=O) groups is 1. The first-order chi connectivity index (χ1) is 11.6. The number of alkyl halides is 2. The van der Waals surface area contributed by atoms with Gasteiger partial charge < -0.3 is 15.4 Å². The SMILES string of the molecule is O=C(C=Cc1ccccc1OC(F)F)NCCNc1ncccn1. The highest BCUT2D eigenvalue weighted by Crippen LogP contribution is 2.21. The maximum Gasteiger partial charge on any atom is 0.387 e. The zero-order chi connectivity index (χ0) is 17.2. The monoisotopic (exact) mass is 334 g/mol. The van der Waals surface area contributed by atoms with E-state index in [-0.39, 0.29) is 11.7 Å². The normalized spacial score (nSPS) is 10.8. The first kappa shape index (κ1) is 17.3. The van der Waals surface area contributed by atoms with Gasteiger partial charge in [0.2, 0.25) is 11.9 Å². The quantitative estimate of drug-likeness (QED) is 0.572. The number of hydrogen-bond donors (Lipinski definition) is 2. The highest BCUT2D eigenvalue weighted by molar-refractivity contribution is 5.92. The van der Waals surface area contributed by atoms with E-state index in [1.165, 1.54) is 18.2 Å². The molecule has 0 aliphatic heterocycles. The Hall–Kier alpha value is -3.03. The lowest BCUT2D eigenvalue weighted by atomic mass is 10.2. The van der Waals surface area contributed by atoms with E-state index >= 15 is 0 Å². The summed E-state index contributed by atoms with van der Waals surface area (Å²) in [7, 11) is 0. The van der Waals surface area contributed by atoms with Crippen molar-refractivity contribution in [3.05, 3.63) is 54.4 Å². The second kappa shape index (κ2) is 9.19. The zero-order valence-electron chi connectivity index (χ0n) is 12.7. The van der Waals surface area contributed by atoms with E-state index in [2.05, 4.69) is 25.3 Å². The molecule has 0 aliphatic rings. The number of carbonyl (C=O) groups excluding carboxylic acids is 1. The fourth-order valence-corrected chi connectivity index (χ4v) is 1.80. The molecular formula is C16H16F2N4O2. The summed E-state index contributed by atoms with van der Waals surface area (Å²) in [4.78, 5) is 19.7. The highest BCUT2D eigenvalue weighted by Gasteiger charge is 2.07. The van der Waals surface area contributed by atoms with Crippen LogP contribution in [0.5, 0.6) is 5.75 Å². The van der Waals surface area contributed by atoms with Gasteiger partial charge in [0, 0.05) is 37.1 Å². The van der Waals surface area contributed by atoms with Crippen molar-refractivity contribution in [1.82, 2.24) is 15.3 Å². The van der Waals surface area contributed by atoms with Crippen molar-refractivity contribution in [2.45, 2.75) is 6.61 Å². The number of rotatable bonds is 8. The van der Waals surface area contributed by atoms with Gasteiger partial charge in [0.1, 0.15) is 5.75 Å². The van der Waals surface area contributed by atoms with Crippen LogP contribution in [0, 0.1) is 0 Å². The zero-order valence-corrected chi connectivity index (χ0v) is 12.7. The first-order valence-electron chi connectivity index (χ1n) is 7.16.